The number of hydrogen-bond donors (Lipinski definition) is 1. The number of anilines is 1. The molecule has 0 heterocycles. The summed E-state index contributed by atoms with van der Waals surface area (Å²) in [7, 11) is 0. The van der Waals surface area contributed by atoms with Crippen LogP contribution >= 0.6 is 0 Å². The summed E-state index contributed by atoms with van der Waals surface area (Å²) in [6.45, 7) is 6.03. The van der Waals surface area contributed by atoms with Gasteiger partial charge in [-0.1, -0.05) is 25.1 Å². The van der Waals surface area contributed by atoms with Gasteiger partial charge in [-0.05, 0) is 18.1 Å². The van der Waals surface area contributed by atoms with Gasteiger partial charge in [0.15, 0.2) is 0 Å². The molecule has 0 atom stereocenters. The first kappa shape index (κ1) is 14.2. The molecule has 0 bridgehead atoms. The molecule has 0 saturated heterocycles. The molecule has 1 rings (SSSR count). The molecule has 0 aliphatic carbocycles. The van der Waals surface area contributed by atoms with Crippen molar-refractivity contribution in [3.05, 3.63) is 29.8 Å². The van der Waals surface area contributed by atoms with Crippen molar-refractivity contribution in [1.82, 2.24) is 5.32 Å². The Balaban J connectivity index is 2.84. The second kappa shape index (κ2) is 6.79. The van der Waals surface area contributed by atoms with Gasteiger partial charge >= 0.3 is 0 Å². The predicted octanol–water partition coefficient (Wildman–Crippen LogP) is 1.74. The number of aryl methyl sites for hydroxylation is 1. The Hall–Kier alpha value is -1.84. The topological polar surface area (TPSA) is 49.4 Å². The van der Waals surface area contributed by atoms with Crippen molar-refractivity contribution in [3.63, 3.8) is 0 Å². The number of rotatable bonds is 5. The van der Waals surface area contributed by atoms with Crippen molar-refractivity contribution in [3.8, 4) is 0 Å². The fourth-order valence-electron chi connectivity index (χ4n) is 1.86. The van der Waals surface area contributed by atoms with Gasteiger partial charge in [-0.25, -0.2) is 0 Å². The molecular weight excluding hydrogens is 228 g/mol. The van der Waals surface area contributed by atoms with Crippen molar-refractivity contribution in [2.75, 3.05) is 18.0 Å². The summed E-state index contributed by atoms with van der Waals surface area (Å²) in [5, 5.41) is 2.71. The number of para-hydroxylation sites is 1. The summed E-state index contributed by atoms with van der Waals surface area (Å²) >= 11 is 0. The minimum atomic E-state index is -0.0812. The molecule has 1 aromatic rings. The first-order chi connectivity index (χ1) is 8.56. The normalized spacial score (nSPS) is 9.94. The summed E-state index contributed by atoms with van der Waals surface area (Å²) < 4.78 is 0. The first-order valence-corrected chi connectivity index (χ1v) is 6.16. The maximum Gasteiger partial charge on any atom is 0.223 e. The molecule has 0 unspecified atom stereocenters. The number of benzene rings is 1. The second-order valence-electron chi connectivity index (χ2n) is 4.14. The monoisotopic (exact) mass is 248 g/mol. The molecule has 2 amide bonds. The molecule has 0 aromatic heterocycles. The van der Waals surface area contributed by atoms with Gasteiger partial charge in [0.05, 0.1) is 0 Å². The zero-order valence-electron chi connectivity index (χ0n) is 11.2. The molecule has 98 valence electrons. The van der Waals surface area contributed by atoms with E-state index in [1.165, 1.54) is 6.92 Å². The van der Waals surface area contributed by atoms with E-state index in [9.17, 15) is 9.59 Å². The summed E-state index contributed by atoms with van der Waals surface area (Å²) in [6, 6.07) is 7.84. The number of nitrogens with one attached hydrogen (secondary N) is 1. The Bertz CT molecular complexity index is 430. The molecule has 4 heteroatoms. The third kappa shape index (κ3) is 3.87. The third-order valence-corrected chi connectivity index (χ3v) is 2.75. The first-order valence-electron chi connectivity index (χ1n) is 6.16. The van der Waals surface area contributed by atoms with E-state index in [1.807, 2.05) is 24.3 Å². The Morgan fingerprint density at radius 1 is 1.22 bits per heavy atom. The van der Waals surface area contributed by atoms with Crippen LogP contribution in [-0.2, 0) is 16.0 Å². The van der Waals surface area contributed by atoms with Crippen LogP contribution in [0.25, 0.3) is 0 Å². The van der Waals surface area contributed by atoms with E-state index >= 15 is 0 Å². The number of amides is 2. The van der Waals surface area contributed by atoms with Gasteiger partial charge in [-0.3, -0.25) is 9.59 Å². The molecule has 0 aliphatic rings. The van der Waals surface area contributed by atoms with Crippen LogP contribution in [0.5, 0.6) is 0 Å². The smallest absolute Gasteiger partial charge is 0.223 e. The summed E-state index contributed by atoms with van der Waals surface area (Å²) in [5.74, 6) is -0.0940. The largest absolute Gasteiger partial charge is 0.355 e. The quantitative estimate of drug-likeness (QED) is 0.863. The van der Waals surface area contributed by atoms with Crippen LogP contribution in [0.15, 0.2) is 24.3 Å². The van der Waals surface area contributed by atoms with Gasteiger partial charge in [0.1, 0.15) is 0 Å². The van der Waals surface area contributed by atoms with E-state index < -0.39 is 0 Å². The molecule has 0 fully saturated rings. The second-order valence-corrected chi connectivity index (χ2v) is 4.14. The lowest BCUT2D eigenvalue weighted by Gasteiger charge is -2.23. The summed E-state index contributed by atoms with van der Waals surface area (Å²) in [4.78, 5) is 24.2. The molecule has 0 radical (unpaired) electrons. The average Bonchev–Trinajstić information content (AvgIpc) is 2.34. The Kier molecular flexibility index (Phi) is 5.36. The molecular formula is C14H20N2O2. The number of nitrogens with zero attached hydrogens (tertiary/aromatic N) is 1. The van der Waals surface area contributed by atoms with E-state index in [0.717, 1.165) is 17.7 Å². The molecule has 1 aromatic carbocycles. The van der Waals surface area contributed by atoms with Crippen LogP contribution in [-0.4, -0.2) is 24.9 Å². The zero-order chi connectivity index (χ0) is 13.5. The van der Waals surface area contributed by atoms with Gasteiger partial charge in [0, 0.05) is 32.6 Å². The highest BCUT2D eigenvalue weighted by atomic mass is 16.2. The fourth-order valence-corrected chi connectivity index (χ4v) is 1.86. The van der Waals surface area contributed by atoms with Crippen molar-refractivity contribution >= 4 is 17.5 Å². The maximum atomic E-state index is 11.7. The summed E-state index contributed by atoms with van der Waals surface area (Å²) in [5.41, 5.74) is 2.06. The van der Waals surface area contributed by atoms with Crippen LogP contribution in [0.3, 0.4) is 0 Å². The number of hydrogen-bond acceptors (Lipinski definition) is 2. The Labute approximate surface area is 108 Å². The minimum Gasteiger partial charge on any atom is -0.355 e. The van der Waals surface area contributed by atoms with Gasteiger partial charge in [-0.15, -0.1) is 0 Å². The molecule has 0 spiro atoms. The molecule has 4 nitrogen and oxygen atoms in total. The predicted molar refractivity (Wildman–Crippen MR) is 72.5 cm³/mol. The van der Waals surface area contributed by atoms with Gasteiger partial charge in [0.2, 0.25) is 11.8 Å². The fraction of sp³-hybridized carbons (Fsp3) is 0.429. The maximum absolute atomic E-state index is 11.7. The van der Waals surface area contributed by atoms with Crippen LogP contribution in [0.2, 0.25) is 0 Å². The number of carbonyl (C=O) groups excluding carboxylic acids is 2. The lowest BCUT2D eigenvalue weighted by molar-refractivity contribution is -0.119. The van der Waals surface area contributed by atoms with Crippen LogP contribution in [0.1, 0.15) is 26.3 Å². The van der Waals surface area contributed by atoms with Crippen LogP contribution < -0.4 is 10.2 Å². The van der Waals surface area contributed by atoms with E-state index in [0.29, 0.717) is 13.1 Å². The highest BCUT2D eigenvalue weighted by Gasteiger charge is 2.13. The van der Waals surface area contributed by atoms with Crippen LogP contribution in [0, 0.1) is 0 Å². The summed E-state index contributed by atoms with van der Waals surface area (Å²) in [6.07, 6.45) is 0.875. The Morgan fingerprint density at radius 2 is 1.89 bits per heavy atom. The van der Waals surface area contributed by atoms with Crippen molar-refractivity contribution in [1.29, 1.82) is 0 Å². The lowest BCUT2D eigenvalue weighted by Crippen LogP contribution is -2.37. The van der Waals surface area contributed by atoms with E-state index in [1.54, 1.807) is 11.8 Å². The minimum absolute atomic E-state index is 0.0127. The molecule has 0 aliphatic heterocycles. The highest BCUT2D eigenvalue weighted by Crippen LogP contribution is 2.20. The lowest BCUT2D eigenvalue weighted by atomic mass is 10.1. The third-order valence-electron chi connectivity index (χ3n) is 2.75. The van der Waals surface area contributed by atoms with Crippen LogP contribution in [0.4, 0.5) is 5.69 Å². The van der Waals surface area contributed by atoms with Crippen molar-refractivity contribution in [2.24, 2.45) is 0 Å². The van der Waals surface area contributed by atoms with Gasteiger partial charge in [-0.2, -0.15) is 0 Å². The van der Waals surface area contributed by atoms with Gasteiger partial charge in [0.25, 0.3) is 0 Å². The van der Waals surface area contributed by atoms with Crippen molar-refractivity contribution in [2.45, 2.75) is 27.2 Å². The standard InChI is InChI=1S/C14H20N2O2/c1-4-13-7-5-6-8-14(13)16(12(3)18)10-9-15-11(2)17/h5-8H,4,9-10H2,1-3H3,(H,15,17). The molecule has 0 saturated carbocycles. The van der Waals surface area contributed by atoms with Gasteiger partial charge < -0.3 is 10.2 Å². The number of carbonyl (C=O) groups is 2. The van der Waals surface area contributed by atoms with Crippen molar-refractivity contribution < 1.29 is 9.59 Å². The SMILES string of the molecule is CCc1ccccc1N(CCNC(C)=O)C(C)=O. The molecule has 18 heavy (non-hydrogen) atoms. The van der Waals surface area contributed by atoms with E-state index in [-0.39, 0.29) is 11.8 Å². The Morgan fingerprint density at radius 3 is 2.44 bits per heavy atom. The zero-order valence-corrected chi connectivity index (χ0v) is 11.2. The molecule has 1 N–H and O–H groups in total. The highest BCUT2D eigenvalue weighted by molar-refractivity contribution is 5.92. The average molecular weight is 248 g/mol. The van der Waals surface area contributed by atoms with E-state index in [4.69, 9.17) is 0 Å². The van der Waals surface area contributed by atoms with E-state index in [2.05, 4.69) is 12.2 Å².